The normalized spacial score (nSPS) is 24.6. The summed E-state index contributed by atoms with van der Waals surface area (Å²) in [5.41, 5.74) is 0. The Hall–Kier alpha value is -0.170. The van der Waals surface area contributed by atoms with Crippen LogP contribution in [0.1, 0.15) is 6.42 Å². The first kappa shape index (κ1) is 9.91. The van der Waals surface area contributed by atoms with Gasteiger partial charge in [0.2, 0.25) is 10.0 Å². The summed E-state index contributed by atoms with van der Waals surface area (Å²) in [5.74, 6) is -0.122. The third-order valence-electron chi connectivity index (χ3n) is 1.61. The standard InChI is InChI=1S/C6H13NO4S/c7-12(8,9)4-3-11-6-1-2-10-5-6/h6H,1-5H2,(H2,7,8,9). The molecule has 6 heteroatoms. The number of sulfonamides is 1. The fraction of sp³-hybridized carbons (Fsp3) is 1.00. The minimum atomic E-state index is -3.38. The van der Waals surface area contributed by atoms with Gasteiger partial charge in [0, 0.05) is 6.61 Å². The lowest BCUT2D eigenvalue weighted by Crippen LogP contribution is -2.23. The number of nitrogens with two attached hydrogens (primary N) is 1. The molecule has 12 heavy (non-hydrogen) atoms. The summed E-state index contributed by atoms with van der Waals surface area (Å²) in [6, 6.07) is 0. The largest absolute Gasteiger partial charge is 0.379 e. The molecule has 0 radical (unpaired) electrons. The van der Waals surface area contributed by atoms with Crippen molar-refractivity contribution in [2.24, 2.45) is 5.14 Å². The fourth-order valence-corrected chi connectivity index (χ4v) is 1.30. The lowest BCUT2D eigenvalue weighted by molar-refractivity contribution is 0.0520. The van der Waals surface area contributed by atoms with Gasteiger partial charge in [0.25, 0.3) is 0 Å². The van der Waals surface area contributed by atoms with E-state index in [4.69, 9.17) is 14.6 Å². The molecule has 0 saturated carbocycles. The van der Waals surface area contributed by atoms with E-state index in [0.29, 0.717) is 13.2 Å². The van der Waals surface area contributed by atoms with E-state index in [0.717, 1.165) is 6.42 Å². The van der Waals surface area contributed by atoms with E-state index >= 15 is 0 Å². The Kier molecular flexibility index (Phi) is 3.45. The molecular weight excluding hydrogens is 182 g/mol. The predicted molar refractivity (Wildman–Crippen MR) is 43.2 cm³/mol. The zero-order chi connectivity index (χ0) is 9.03. The van der Waals surface area contributed by atoms with Crippen LogP contribution in [0.3, 0.4) is 0 Å². The van der Waals surface area contributed by atoms with Crippen molar-refractivity contribution in [3.05, 3.63) is 0 Å². The van der Waals surface area contributed by atoms with Gasteiger partial charge in [-0.3, -0.25) is 0 Å². The van der Waals surface area contributed by atoms with Gasteiger partial charge in [-0.1, -0.05) is 0 Å². The highest BCUT2D eigenvalue weighted by atomic mass is 32.2. The third kappa shape index (κ3) is 4.01. The van der Waals surface area contributed by atoms with Crippen LogP contribution in [0.4, 0.5) is 0 Å². The van der Waals surface area contributed by atoms with E-state index in [1.807, 2.05) is 0 Å². The van der Waals surface area contributed by atoms with E-state index in [9.17, 15) is 8.42 Å². The highest BCUT2D eigenvalue weighted by molar-refractivity contribution is 7.89. The van der Waals surface area contributed by atoms with Crippen molar-refractivity contribution in [3.8, 4) is 0 Å². The lowest BCUT2D eigenvalue weighted by atomic mass is 10.3. The summed E-state index contributed by atoms with van der Waals surface area (Å²) in [7, 11) is -3.38. The van der Waals surface area contributed by atoms with Crippen molar-refractivity contribution < 1.29 is 17.9 Å². The van der Waals surface area contributed by atoms with Gasteiger partial charge < -0.3 is 9.47 Å². The van der Waals surface area contributed by atoms with Crippen molar-refractivity contribution in [1.82, 2.24) is 0 Å². The molecule has 1 atom stereocenters. The molecule has 5 nitrogen and oxygen atoms in total. The van der Waals surface area contributed by atoms with Crippen molar-refractivity contribution in [2.75, 3.05) is 25.6 Å². The molecule has 72 valence electrons. The smallest absolute Gasteiger partial charge is 0.211 e. The van der Waals surface area contributed by atoms with Gasteiger partial charge in [-0.05, 0) is 6.42 Å². The van der Waals surface area contributed by atoms with Crippen LogP contribution in [-0.2, 0) is 19.5 Å². The quantitative estimate of drug-likeness (QED) is 0.629. The van der Waals surface area contributed by atoms with E-state index in [1.54, 1.807) is 0 Å². The molecule has 0 amide bonds. The predicted octanol–water partition coefficient (Wildman–Crippen LogP) is -0.920. The number of primary sulfonamides is 1. The maximum absolute atomic E-state index is 10.5. The maximum Gasteiger partial charge on any atom is 0.211 e. The molecule has 0 aromatic rings. The minimum absolute atomic E-state index is 0.0479. The lowest BCUT2D eigenvalue weighted by Gasteiger charge is -2.07. The Labute approximate surface area is 71.9 Å². The van der Waals surface area contributed by atoms with Crippen molar-refractivity contribution in [3.63, 3.8) is 0 Å². The van der Waals surface area contributed by atoms with E-state index in [2.05, 4.69) is 0 Å². The molecule has 1 rings (SSSR count). The summed E-state index contributed by atoms with van der Waals surface area (Å²) in [4.78, 5) is 0. The Bertz CT molecular complexity index is 220. The molecule has 0 aromatic heterocycles. The second kappa shape index (κ2) is 4.18. The summed E-state index contributed by atoms with van der Waals surface area (Å²) in [6.07, 6.45) is 0.886. The summed E-state index contributed by atoms with van der Waals surface area (Å²) < 4.78 is 31.2. The minimum Gasteiger partial charge on any atom is -0.379 e. The molecule has 1 fully saturated rings. The van der Waals surface area contributed by atoms with E-state index in [1.165, 1.54) is 0 Å². The van der Waals surface area contributed by atoms with Crippen molar-refractivity contribution >= 4 is 10.0 Å². The van der Waals surface area contributed by atoms with Crippen LogP contribution < -0.4 is 5.14 Å². The molecule has 2 N–H and O–H groups in total. The number of ether oxygens (including phenoxy) is 2. The van der Waals surface area contributed by atoms with Crippen LogP contribution in [0.5, 0.6) is 0 Å². The number of hydrogen-bond acceptors (Lipinski definition) is 4. The van der Waals surface area contributed by atoms with Crippen LogP contribution in [0, 0.1) is 0 Å². The monoisotopic (exact) mass is 195 g/mol. The van der Waals surface area contributed by atoms with Gasteiger partial charge in [0.15, 0.2) is 0 Å². The van der Waals surface area contributed by atoms with Crippen molar-refractivity contribution in [2.45, 2.75) is 12.5 Å². The average Bonchev–Trinajstić information content (AvgIpc) is 2.36. The highest BCUT2D eigenvalue weighted by Crippen LogP contribution is 2.07. The van der Waals surface area contributed by atoms with E-state index < -0.39 is 10.0 Å². The zero-order valence-corrected chi connectivity index (χ0v) is 7.55. The fourth-order valence-electron chi connectivity index (χ4n) is 0.975. The number of hydrogen-bond donors (Lipinski definition) is 1. The Morgan fingerprint density at radius 1 is 1.58 bits per heavy atom. The second-order valence-electron chi connectivity index (χ2n) is 2.72. The van der Waals surface area contributed by atoms with Gasteiger partial charge in [0.05, 0.1) is 25.1 Å². The van der Waals surface area contributed by atoms with Gasteiger partial charge >= 0.3 is 0 Å². The molecule has 1 aliphatic rings. The molecule has 1 heterocycles. The summed E-state index contributed by atoms with van der Waals surface area (Å²) in [5, 5.41) is 4.78. The molecule has 0 bridgehead atoms. The Balaban J connectivity index is 2.09. The first-order valence-electron chi connectivity index (χ1n) is 3.78. The molecule has 1 aliphatic heterocycles. The third-order valence-corrected chi connectivity index (χ3v) is 2.35. The topological polar surface area (TPSA) is 78.6 Å². The first-order valence-corrected chi connectivity index (χ1v) is 5.49. The van der Waals surface area contributed by atoms with Crippen LogP contribution in [0.2, 0.25) is 0 Å². The van der Waals surface area contributed by atoms with Gasteiger partial charge in [-0.15, -0.1) is 0 Å². The highest BCUT2D eigenvalue weighted by Gasteiger charge is 2.16. The number of rotatable bonds is 4. The summed E-state index contributed by atoms with van der Waals surface area (Å²) in [6.45, 7) is 1.41. The Morgan fingerprint density at radius 2 is 2.33 bits per heavy atom. The van der Waals surface area contributed by atoms with Crippen LogP contribution in [-0.4, -0.2) is 40.1 Å². The first-order chi connectivity index (χ1) is 5.58. The molecule has 1 saturated heterocycles. The SMILES string of the molecule is NS(=O)(=O)CCOC1CCOC1. The van der Waals surface area contributed by atoms with Gasteiger partial charge in [-0.25, -0.2) is 13.6 Å². The van der Waals surface area contributed by atoms with Crippen LogP contribution in [0.15, 0.2) is 0 Å². The molecule has 0 spiro atoms. The zero-order valence-electron chi connectivity index (χ0n) is 6.73. The second-order valence-corrected chi connectivity index (χ2v) is 4.46. The van der Waals surface area contributed by atoms with Crippen LogP contribution in [0.25, 0.3) is 0 Å². The van der Waals surface area contributed by atoms with E-state index in [-0.39, 0.29) is 18.5 Å². The van der Waals surface area contributed by atoms with Crippen LogP contribution >= 0.6 is 0 Å². The summed E-state index contributed by atoms with van der Waals surface area (Å²) >= 11 is 0. The Morgan fingerprint density at radius 3 is 2.83 bits per heavy atom. The maximum atomic E-state index is 10.5. The van der Waals surface area contributed by atoms with Gasteiger partial charge in [0.1, 0.15) is 0 Å². The van der Waals surface area contributed by atoms with Gasteiger partial charge in [-0.2, -0.15) is 0 Å². The average molecular weight is 195 g/mol. The molecular formula is C6H13NO4S. The molecule has 0 aliphatic carbocycles. The van der Waals surface area contributed by atoms with Crippen molar-refractivity contribution in [1.29, 1.82) is 0 Å². The molecule has 0 aromatic carbocycles. The molecule has 1 unspecified atom stereocenters.